The van der Waals surface area contributed by atoms with Crippen molar-refractivity contribution in [3.05, 3.63) is 52.6 Å². The first-order valence-corrected chi connectivity index (χ1v) is 12.4. The number of carbonyl (C=O) groups excluding carboxylic acids is 1. The lowest BCUT2D eigenvalue weighted by atomic mass is 10.2. The highest BCUT2D eigenvalue weighted by atomic mass is 35.5. The van der Waals surface area contributed by atoms with E-state index in [-0.39, 0.29) is 15.8 Å². The topological polar surface area (TPSA) is 115 Å². The molecule has 3 aromatic rings. The zero-order valence-electron chi connectivity index (χ0n) is 15.5. The van der Waals surface area contributed by atoms with E-state index in [9.17, 15) is 17.6 Å². The van der Waals surface area contributed by atoms with Crippen molar-refractivity contribution in [3.8, 4) is 0 Å². The second-order valence-electron chi connectivity index (χ2n) is 5.91. The van der Waals surface area contributed by atoms with Gasteiger partial charge in [0.1, 0.15) is 5.82 Å². The average Bonchev–Trinajstić information content (AvgIpc) is 3.15. The van der Waals surface area contributed by atoms with E-state index in [0.29, 0.717) is 9.90 Å². The summed E-state index contributed by atoms with van der Waals surface area (Å²) in [6.07, 6.45) is 2.02. The highest BCUT2D eigenvalue weighted by molar-refractivity contribution is 8.01. The van der Waals surface area contributed by atoms with Gasteiger partial charge in [-0.25, -0.2) is 22.8 Å². The fraction of sp³-hybridized carbons (Fsp3) is 0.235. The average molecular weight is 488 g/mol. The first-order valence-electron chi connectivity index (χ1n) is 8.56. The third kappa shape index (κ3) is 5.72. The Labute approximate surface area is 185 Å². The molecule has 0 aliphatic carbocycles. The largest absolute Gasteiger partial charge is 0.295 e. The van der Waals surface area contributed by atoms with Crippen molar-refractivity contribution >= 4 is 55.6 Å². The van der Waals surface area contributed by atoms with Gasteiger partial charge in [0.2, 0.25) is 20.1 Å². The van der Waals surface area contributed by atoms with Gasteiger partial charge in [0.25, 0.3) is 5.91 Å². The molecule has 0 saturated heterocycles. The summed E-state index contributed by atoms with van der Waals surface area (Å²) in [5.74, 6) is -0.797. The van der Waals surface area contributed by atoms with E-state index in [1.165, 1.54) is 35.2 Å². The van der Waals surface area contributed by atoms with Crippen LogP contribution >= 0.6 is 34.7 Å². The van der Waals surface area contributed by atoms with Crippen LogP contribution in [0.5, 0.6) is 0 Å². The molecule has 0 atom stereocenters. The number of nitrogens with one attached hydrogen (secondary N) is 1. The number of hydrogen-bond donors (Lipinski definition) is 1. The lowest BCUT2D eigenvalue weighted by Crippen LogP contribution is -2.18. The molecule has 0 bridgehead atoms. The van der Waals surface area contributed by atoms with Crippen LogP contribution in [0.2, 0.25) is 5.02 Å². The molecule has 0 unspecified atom stereocenters. The Morgan fingerprint density at radius 2 is 2.00 bits per heavy atom. The second kappa shape index (κ2) is 9.77. The number of sulfone groups is 1. The number of thioether (sulfide) groups is 1. The summed E-state index contributed by atoms with van der Waals surface area (Å²) >= 11 is 8.70. The van der Waals surface area contributed by atoms with Crippen LogP contribution in [0.25, 0.3) is 0 Å². The fourth-order valence-corrected chi connectivity index (χ4v) is 5.24. The van der Waals surface area contributed by atoms with E-state index >= 15 is 0 Å². The molecule has 158 valence electrons. The van der Waals surface area contributed by atoms with Crippen molar-refractivity contribution in [2.75, 3.05) is 11.1 Å². The predicted molar refractivity (Wildman–Crippen MR) is 113 cm³/mol. The van der Waals surface area contributed by atoms with Crippen LogP contribution in [0.4, 0.5) is 9.52 Å². The number of rotatable bonds is 8. The van der Waals surface area contributed by atoms with Gasteiger partial charge in [0.05, 0.1) is 17.0 Å². The molecule has 1 amide bonds. The van der Waals surface area contributed by atoms with Crippen LogP contribution in [0.3, 0.4) is 0 Å². The molecule has 30 heavy (non-hydrogen) atoms. The van der Waals surface area contributed by atoms with Crippen LogP contribution in [0.15, 0.2) is 40.0 Å². The van der Waals surface area contributed by atoms with Gasteiger partial charge in [-0.3, -0.25) is 10.1 Å². The highest BCUT2D eigenvalue weighted by Gasteiger charge is 2.23. The molecule has 2 aromatic heterocycles. The predicted octanol–water partition coefficient (Wildman–Crippen LogP) is 3.85. The molecule has 0 radical (unpaired) electrons. The summed E-state index contributed by atoms with van der Waals surface area (Å²) in [5.41, 5.74) is 0.0502. The van der Waals surface area contributed by atoms with E-state index in [1.54, 1.807) is 0 Å². The van der Waals surface area contributed by atoms with E-state index in [4.69, 9.17) is 11.6 Å². The zero-order chi connectivity index (χ0) is 21.7. The van der Waals surface area contributed by atoms with E-state index in [1.807, 2.05) is 6.92 Å². The van der Waals surface area contributed by atoms with Crippen LogP contribution in [0, 0.1) is 5.82 Å². The van der Waals surface area contributed by atoms with Crippen LogP contribution in [-0.4, -0.2) is 40.2 Å². The van der Waals surface area contributed by atoms with E-state index < -0.39 is 32.5 Å². The molecule has 0 aliphatic rings. The first kappa shape index (κ1) is 22.5. The van der Waals surface area contributed by atoms with Crippen molar-refractivity contribution in [3.63, 3.8) is 0 Å². The molecule has 0 aliphatic heterocycles. The van der Waals surface area contributed by atoms with Crippen molar-refractivity contribution in [1.82, 2.24) is 20.2 Å². The molecule has 2 heterocycles. The number of aromatic nitrogens is 4. The molecule has 0 fully saturated rings. The van der Waals surface area contributed by atoms with Gasteiger partial charge in [0.15, 0.2) is 10.0 Å². The van der Waals surface area contributed by atoms with E-state index in [0.717, 1.165) is 30.5 Å². The van der Waals surface area contributed by atoms with Gasteiger partial charge < -0.3 is 0 Å². The lowest BCUT2D eigenvalue weighted by molar-refractivity contribution is 0.102. The summed E-state index contributed by atoms with van der Waals surface area (Å²) in [5, 5.41) is 9.92. The number of amides is 1. The SMILES string of the molecule is CCCSc1nnc(NC(=O)c2nc(S(=O)(=O)Cc3ccc(F)cc3)ncc2Cl)s1. The number of nitrogens with zero attached hydrogens (tertiary/aromatic N) is 4. The lowest BCUT2D eigenvalue weighted by Gasteiger charge is -2.07. The molecule has 1 N–H and O–H groups in total. The number of benzene rings is 1. The number of anilines is 1. The van der Waals surface area contributed by atoms with Gasteiger partial charge in [-0.15, -0.1) is 10.2 Å². The standard InChI is InChI=1S/C17H15ClFN5O3S3/c1-2-7-28-17-24-23-15(29-17)22-14(25)13-12(18)8-20-16(21-13)30(26,27)9-10-3-5-11(19)6-4-10/h3-6,8H,2,7,9H2,1H3,(H,22,23,25). The number of carbonyl (C=O) groups is 1. The smallest absolute Gasteiger partial charge is 0.277 e. The summed E-state index contributed by atoms with van der Waals surface area (Å²) in [6, 6.07) is 5.00. The van der Waals surface area contributed by atoms with Crippen LogP contribution in [-0.2, 0) is 15.6 Å². The molecule has 1 aromatic carbocycles. The van der Waals surface area contributed by atoms with Gasteiger partial charge in [0, 0.05) is 5.75 Å². The van der Waals surface area contributed by atoms with Gasteiger partial charge in [-0.2, -0.15) is 0 Å². The maximum atomic E-state index is 13.0. The molecule has 0 spiro atoms. The molecular formula is C17H15ClFN5O3S3. The Kier molecular flexibility index (Phi) is 7.34. The normalized spacial score (nSPS) is 11.4. The van der Waals surface area contributed by atoms with E-state index in [2.05, 4.69) is 25.5 Å². The van der Waals surface area contributed by atoms with Crippen molar-refractivity contribution < 1.29 is 17.6 Å². The molecule has 3 rings (SSSR count). The summed E-state index contributed by atoms with van der Waals surface area (Å²) in [7, 11) is -3.99. The minimum absolute atomic E-state index is 0.113. The van der Waals surface area contributed by atoms with Crippen molar-refractivity contribution in [1.29, 1.82) is 0 Å². The van der Waals surface area contributed by atoms with Crippen molar-refractivity contribution in [2.24, 2.45) is 0 Å². The minimum atomic E-state index is -3.99. The minimum Gasteiger partial charge on any atom is -0.295 e. The fourth-order valence-electron chi connectivity index (χ4n) is 2.19. The maximum absolute atomic E-state index is 13.0. The first-order chi connectivity index (χ1) is 14.3. The Balaban J connectivity index is 1.79. The monoisotopic (exact) mass is 487 g/mol. The summed E-state index contributed by atoms with van der Waals surface area (Å²) in [6.45, 7) is 2.04. The number of hydrogen-bond acceptors (Lipinski definition) is 9. The third-order valence-electron chi connectivity index (χ3n) is 3.54. The van der Waals surface area contributed by atoms with Crippen LogP contribution < -0.4 is 5.32 Å². The number of halogens is 2. The van der Waals surface area contributed by atoms with Gasteiger partial charge in [-0.1, -0.05) is 53.8 Å². The van der Waals surface area contributed by atoms with Crippen LogP contribution in [0.1, 0.15) is 29.4 Å². The van der Waals surface area contributed by atoms with Gasteiger partial charge in [-0.05, 0) is 24.1 Å². The summed E-state index contributed by atoms with van der Waals surface area (Å²) < 4.78 is 39.0. The second-order valence-corrected chi connectivity index (χ2v) is 10.5. The highest BCUT2D eigenvalue weighted by Crippen LogP contribution is 2.26. The summed E-state index contributed by atoms with van der Waals surface area (Å²) in [4.78, 5) is 20.1. The maximum Gasteiger partial charge on any atom is 0.277 e. The Morgan fingerprint density at radius 1 is 1.27 bits per heavy atom. The molecule has 0 saturated carbocycles. The van der Waals surface area contributed by atoms with Crippen molar-refractivity contribution in [2.45, 2.75) is 28.6 Å². The molecule has 8 nitrogen and oxygen atoms in total. The zero-order valence-corrected chi connectivity index (χ0v) is 18.7. The molecular weight excluding hydrogens is 473 g/mol. The quantitative estimate of drug-likeness (QED) is 0.289. The third-order valence-corrected chi connectivity index (χ3v) is 7.46. The Bertz CT molecular complexity index is 1160. The van der Waals surface area contributed by atoms with Gasteiger partial charge >= 0.3 is 0 Å². The Morgan fingerprint density at radius 3 is 2.70 bits per heavy atom. The molecule has 13 heteroatoms. The Hall–Kier alpha value is -2.15.